The van der Waals surface area contributed by atoms with Crippen molar-refractivity contribution < 1.29 is 14.7 Å². The average molecular weight is 289 g/mol. The molecule has 1 aromatic carbocycles. The number of anilines is 1. The van der Waals surface area contributed by atoms with Crippen LogP contribution in [0.3, 0.4) is 0 Å². The Bertz CT molecular complexity index is 680. The molecule has 8 nitrogen and oxygen atoms in total. The fourth-order valence-electron chi connectivity index (χ4n) is 1.79. The van der Waals surface area contributed by atoms with Gasteiger partial charge in [0.1, 0.15) is 6.54 Å². The highest BCUT2D eigenvalue weighted by atomic mass is 16.4. The van der Waals surface area contributed by atoms with Crippen LogP contribution in [-0.4, -0.2) is 32.0 Å². The number of benzene rings is 1. The molecular formula is C13H15N5O3. The lowest BCUT2D eigenvalue weighted by molar-refractivity contribution is -0.116. The molecule has 8 heteroatoms. The first kappa shape index (κ1) is 14.7. The van der Waals surface area contributed by atoms with Crippen LogP contribution in [0.5, 0.6) is 0 Å². The highest BCUT2D eigenvalue weighted by Gasteiger charge is 2.13. The number of hydrogen-bond donors (Lipinski definition) is 3. The molecular weight excluding hydrogens is 274 g/mol. The number of rotatable bonds is 5. The predicted molar refractivity (Wildman–Crippen MR) is 74.7 cm³/mol. The Balaban J connectivity index is 2.10. The maximum absolute atomic E-state index is 11.9. The van der Waals surface area contributed by atoms with Crippen LogP contribution < -0.4 is 11.1 Å². The lowest BCUT2D eigenvalue weighted by Crippen LogP contribution is -2.20. The molecule has 0 aliphatic heterocycles. The van der Waals surface area contributed by atoms with Gasteiger partial charge in [-0.1, -0.05) is 16.8 Å². The van der Waals surface area contributed by atoms with Gasteiger partial charge in [-0.15, -0.1) is 5.10 Å². The zero-order valence-corrected chi connectivity index (χ0v) is 11.4. The molecule has 4 N–H and O–H groups in total. The molecule has 0 fully saturated rings. The Morgan fingerprint density at radius 3 is 2.81 bits per heavy atom. The summed E-state index contributed by atoms with van der Waals surface area (Å²) in [6, 6.07) is 4.79. The van der Waals surface area contributed by atoms with E-state index >= 15 is 0 Å². The molecule has 0 spiro atoms. The standard InChI is InChI=1S/C13H15N5O3/c1-8-2-3-11(10(4-8)13(20)21)15-12(19)7-18-6-9(5-14)16-17-18/h2-4,6H,5,7,14H2,1H3,(H,15,19)(H,20,21). The summed E-state index contributed by atoms with van der Waals surface area (Å²) >= 11 is 0. The van der Waals surface area contributed by atoms with Gasteiger partial charge >= 0.3 is 5.97 Å². The maximum Gasteiger partial charge on any atom is 0.337 e. The summed E-state index contributed by atoms with van der Waals surface area (Å²) in [5.41, 5.74) is 7.07. The number of aryl methyl sites for hydroxylation is 1. The smallest absolute Gasteiger partial charge is 0.337 e. The third-order valence-corrected chi connectivity index (χ3v) is 2.78. The molecule has 2 aromatic rings. The molecule has 0 aliphatic carbocycles. The van der Waals surface area contributed by atoms with Gasteiger partial charge in [0.2, 0.25) is 5.91 Å². The minimum absolute atomic E-state index is 0.0459. The van der Waals surface area contributed by atoms with Gasteiger partial charge < -0.3 is 16.2 Å². The summed E-state index contributed by atoms with van der Waals surface area (Å²) in [6.45, 7) is 1.95. The Morgan fingerprint density at radius 2 is 2.19 bits per heavy atom. The second kappa shape index (κ2) is 6.14. The number of nitrogens with zero attached hydrogens (tertiary/aromatic N) is 3. The molecule has 0 saturated carbocycles. The number of aromatic carboxylic acids is 1. The van der Waals surface area contributed by atoms with Crippen LogP contribution in [0.2, 0.25) is 0 Å². The molecule has 2 rings (SSSR count). The fraction of sp³-hybridized carbons (Fsp3) is 0.231. The van der Waals surface area contributed by atoms with E-state index in [4.69, 9.17) is 10.8 Å². The van der Waals surface area contributed by atoms with Crippen molar-refractivity contribution in [3.05, 3.63) is 41.2 Å². The third kappa shape index (κ3) is 3.63. The van der Waals surface area contributed by atoms with Gasteiger partial charge in [-0.2, -0.15) is 0 Å². The monoisotopic (exact) mass is 289 g/mol. The molecule has 0 radical (unpaired) electrons. The van der Waals surface area contributed by atoms with Crippen LogP contribution in [-0.2, 0) is 17.9 Å². The first-order chi connectivity index (χ1) is 9.99. The number of amides is 1. The van der Waals surface area contributed by atoms with E-state index in [1.807, 2.05) is 0 Å². The van der Waals surface area contributed by atoms with Crippen LogP contribution in [0.1, 0.15) is 21.6 Å². The summed E-state index contributed by atoms with van der Waals surface area (Å²) in [5, 5.41) is 19.2. The number of carboxylic acids is 1. The van der Waals surface area contributed by atoms with Gasteiger partial charge in [-0.05, 0) is 19.1 Å². The van der Waals surface area contributed by atoms with Gasteiger partial charge in [0.05, 0.1) is 23.1 Å². The zero-order chi connectivity index (χ0) is 15.4. The number of nitrogens with two attached hydrogens (primary N) is 1. The van der Waals surface area contributed by atoms with Crippen molar-refractivity contribution in [1.29, 1.82) is 0 Å². The summed E-state index contributed by atoms with van der Waals surface area (Å²) in [6.07, 6.45) is 1.56. The predicted octanol–water partition coefficient (Wildman–Crippen LogP) is 0.382. The molecule has 0 bridgehead atoms. The van der Waals surface area contributed by atoms with Crippen molar-refractivity contribution in [1.82, 2.24) is 15.0 Å². The molecule has 0 unspecified atom stereocenters. The highest BCUT2D eigenvalue weighted by Crippen LogP contribution is 2.17. The third-order valence-electron chi connectivity index (χ3n) is 2.78. The zero-order valence-electron chi connectivity index (χ0n) is 11.4. The molecule has 1 heterocycles. The molecule has 110 valence electrons. The van der Waals surface area contributed by atoms with E-state index in [1.54, 1.807) is 25.3 Å². The Hall–Kier alpha value is -2.74. The van der Waals surface area contributed by atoms with Crippen LogP contribution >= 0.6 is 0 Å². The number of carboxylic acid groups (broad SMARTS) is 1. The van der Waals surface area contributed by atoms with Gasteiger partial charge in [0.25, 0.3) is 0 Å². The largest absolute Gasteiger partial charge is 0.478 e. The molecule has 0 atom stereocenters. The maximum atomic E-state index is 11.9. The Morgan fingerprint density at radius 1 is 1.43 bits per heavy atom. The van der Waals surface area contributed by atoms with E-state index in [0.29, 0.717) is 5.69 Å². The topological polar surface area (TPSA) is 123 Å². The first-order valence-corrected chi connectivity index (χ1v) is 6.22. The summed E-state index contributed by atoms with van der Waals surface area (Å²) in [7, 11) is 0. The normalized spacial score (nSPS) is 10.4. The number of hydrogen-bond acceptors (Lipinski definition) is 5. The van der Waals surface area contributed by atoms with Gasteiger partial charge in [-0.3, -0.25) is 4.79 Å². The minimum atomic E-state index is -1.10. The fourth-order valence-corrected chi connectivity index (χ4v) is 1.79. The quantitative estimate of drug-likeness (QED) is 0.731. The second-order valence-corrected chi connectivity index (χ2v) is 4.51. The lowest BCUT2D eigenvalue weighted by Gasteiger charge is -2.09. The van der Waals surface area contributed by atoms with Crippen molar-refractivity contribution in [2.75, 3.05) is 5.32 Å². The molecule has 1 amide bonds. The summed E-state index contributed by atoms with van der Waals surface area (Å²) < 4.78 is 1.34. The van der Waals surface area contributed by atoms with Gasteiger partial charge in [0.15, 0.2) is 0 Å². The first-order valence-electron chi connectivity index (χ1n) is 6.22. The van der Waals surface area contributed by atoms with E-state index in [2.05, 4.69) is 15.6 Å². The Kier molecular flexibility index (Phi) is 4.29. The lowest BCUT2D eigenvalue weighted by atomic mass is 10.1. The van der Waals surface area contributed by atoms with E-state index < -0.39 is 11.9 Å². The van der Waals surface area contributed by atoms with Crippen molar-refractivity contribution in [3.8, 4) is 0 Å². The number of aromatic nitrogens is 3. The summed E-state index contributed by atoms with van der Waals surface area (Å²) in [5.74, 6) is -1.49. The Labute approximate surface area is 120 Å². The van der Waals surface area contributed by atoms with Crippen LogP contribution in [0.4, 0.5) is 5.69 Å². The molecule has 0 aliphatic rings. The van der Waals surface area contributed by atoms with E-state index in [-0.39, 0.29) is 24.3 Å². The number of carbonyl (C=O) groups is 2. The van der Waals surface area contributed by atoms with E-state index in [0.717, 1.165) is 5.56 Å². The molecule has 21 heavy (non-hydrogen) atoms. The highest BCUT2D eigenvalue weighted by molar-refractivity contribution is 6.00. The van der Waals surface area contributed by atoms with E-state index in [1.165, 1.54) is 10.7 Å². The van der Waals surface area contributed by atoms with Crippen molar-refractivity contribution in [2.24, 2.45) is 5.73 Å². The SMILES string of the molecule is Cc1ccc(NC(=O)Cn2cc(CN)nn2)c(C(=O)O)c1. The number of carbonyl (C=O) groups excluding carboxylic acids is 1. The van der Waals surface area contributed by atoms with Gasteiger partial charge in [0, 0.05) is 6.54 Å². The molecule has 1 aromatic heterocycles. The number of nitrogens with one attached hydrogen (secondary N) is 1. The van der Waals surface area contributed by atoms with Crippen LogP contribution in [0.25, 0.3) is 0 Å². The van der Waals surface area contributed by atoms with E-state index in [9.17, 15) is 9.59 Å². The van der Waals surface area contributed by atoms with Crippen molar-refractivity contribution in [3.63, 3.8) is 0 Å². The second-order valence-electron chi connectivity index (χ2n) is 4.51. The minimum Gasteiger partial charge on any atom is -0.478 e. The van der Waals surface area contributed by atoms with Crippen molar-refractivity contribution >= 4 is 17.6 Å². The molecule has 0 saturated heterocycles. The van der Waals surface area contributed by atoms with Crippen LogP contribution in [0.15, 0.2) is 24.4 Å². The van der Waals surface area contributed by atoms with Gasteiger partial charge in [-0.25, -0.2) is 9.48 Å². The average Bonchev–Trinajstić information content (AvgIpc) is 2.88. The summed E-state index contributed by atoms with van der Waals surface area (Å²) in [4.78, 5) is 23.1. The van der Waals surface area contributed by atoms with Crippen LogP contribution in [0, 0.1) is 6.92 Å². The van der Waals surface area contributed by atoms with Crippen molar-refractivity contribution in [2.45, 2.75) is 20.0 Å².